The molecule has 0 heterocycles. The molecule has 0 unspecified atom stereocenters. The van der Waals surface area contributed by atoms with Crippen molar-refractivity contribution in [1.29, 1.82) is 5.26 Å². The molecular formula is C14H9ClF2N2O. The van der Waals surface area contributed by atoms with Crippen LogP contribution in [0.2, 0.25) is 5.02 Å². The summed E-state index contributed by atoms with van der Waals surface area (Å²) in [6, 6.07) is 8.79. The topological polar surface area (TPSA) is 45.0 Å². The molecule has 0 saturated heterocycles. The number of nitrogens with one attached hydrogen (secondary N) is 1. The van der Waals surface area contributed by atoms with Gasteiger partial charge in [0.05, 0.1) is 23.4 Å². The van der Waals surface area contributed by atoms with Crippen molar-refractivity contribution in [1.82, 2.24) is 0 Å². The van der Waals surface area contributed by atoms with Crippen LogP contribution in [0.25, 0.3) is 0 Å². The molecule has 0 aromatic heterocycles. The quantitative estimate of drug-likeness (QED) is 0.921. The van der Waals surface area contributed by atoms with Crippen molar-refractivity contribution < 1.29 is 13.5 Å². The van der Waals surface area contributed by atoms with Crippen LogP contribution in [-0.2, 0) is 0 Å². The Morgan fingerprint density at radius 2 is 1.95 bits per heavy atom. The van der Waals surface area contributed by atoms with Gasteiger partial charge in [-0.1, -0.05) is 11.6 Å². The molecule has 2 aromatic carbocycles. The van der Waals surface area contributed by atoms with Crippen LogP contribution >= 0.6 is 11.6 Å². The lowest BCUT2D eigenvalue weighted by molar-refractivity contribution is 0.415. The standard InChI is InChI=1S/C14H9ClF2N2O/c1-20-12-6-9(3-4-10(12)15)19-11-5-2-8(7-18)13(16)14(11)17/h2-6,19H,1H3. The van der Waals surface area contributed by atoms with Gasteiger partial charge in [-0.15, -0.1) is 0 Å². The first-order chi connectivity index (χ1) is 9.56. The predicted molar refractivity (Wildman–Crippen MR) is 72.4 cm³/mol. The van der Waals surface area contributed by atoms with Crippen molar-refractivity contribution in [3.05, 3.63) is 52.6 Å². The lowest BCUT2D eigenvalue weighted by atomic mass is 10.2. The zero-order chi connectivity index (χ0) is 14.7. The number of rotatable bonds is 3. The fraction of sp³-hybridized carbons (Fsp3) is 0.0714. The number of hydrogen-bond donors (Lipinski definition) is 1. The summed E-state index contributed by atoms with van der Waals surface area (Å²) in [6.07, 6.45) is 0. The zero-order valence-electron chi connectivity index (χ0n) is 10.4. The van der Waals surface area contributed by atoms with E-state index in [0.717, 1.165) is 0 Å². The highest BCUT2D eigenvalue weighted by atomic mass is 35.5. The Balaban J connectivity index is 2.36. The van der Waals surface area contributed by atoms with Gasteiger partial charge < -0.3 is 10.1 Å². The van der Waals surface area contributed by atoms with E-state index in [-0.39, 0.29) is 11.3 Å². The molecule has 0 spiro atoms. The second-order valence-corrected chi connectivity index (χ2v) is 4.28. The van der Waals surface area contributed by atoms with Crippen molar-refractivity contribution in [2.75, 3.05) is 12.4 Å². The average molecular weight is 295 g/mol. The van der Waals surface area contributed by atoms with Gasteiger partial charge in [0.2, 0.25) is 0 Å². The van der Waals surface area contributed by atoms with Gasteiger partial charge >= 0.3 is 0 Å². The summed E-state index contributed by atoms with van der Waals surface area (Å²) in [6.45, 7) is 0. The van der Waals surface area contributed by atoms with E-state index in [2.05, 4.69) is 5.32 Å². The summed E-state index contributed by atoms with van der Waals surface area (Å²) in [5.74, 6) is -1.89. The van der Waals surface area contributed by atoms with E-state index in [9.17, 15) is 8.78 Å². The number of ether oxygens (including phenoxy) is 1. The monoisotopic (exact) mass is 294 g/mol. The molecule has 2 aromatic rings. The van der Waals surface area contributed by atoms with Gasteiger partial charge in [-0.25, -0.2) is 8.78 Å². The normalized spacial score (nSPS) is 9.95. The fourth-order valence-corrected chi connectivity index (χ4v) is 1.82. The average Bonchev–Trinajstić information content (AvgIpc) is 2.46. The molecule has 0 atom stereocenters. The minimum atomic E-state index is -1.18. The minimum absolute atomic E-state index is 0.0779. The minimum Gasteiger partial charge on any atom is -0.495 e. The van der Waals surface area contributed by atoms with Crippen molar-refractivity contribution in [2.45, 2.75) is 0 Å². The molecule has 0 aliphatic carbocycles. The molecule has 1 N–H and O–H groups in total. The number of nitriles is 1. The van der Waals surface area contributed by atoms with Crippen LogP contribution in [0.4, 0.5) is 20.2 Å². The second-order valence-electron chi connectivity index (χ2n) is 3.87. The summed E-state index contributed by atoms with van der Waals surface area (Å²) >= 11 is 5.87. The Kier molecular flexibility index (Phi) is 4.06. The summed E-state index contributed by atoms with van der Waals surface area (Å²) in [5.41, 5.74) is 0.0573. The molecule has 2 rings (SSSR count). The molecule has 0 radical (unpaired) electrons. The van der Waals surface area contributed by atoms with Crippen LogP contribution in [0.1, 0.15) is 5.56 Å². The Bertz CT molecular complexity index is 698. The Morgan fingerprint density at radius 1 is 1.20 bits per heavy atom. The second kappa shape index (κ2) is 5.76. The van der Waals surface area contributed by atoms with Gasteiger partial charge in [0.15, 0.2) is 11.6 Å². The van der Waals surface area contributed by atoms with Gasteiger partial charge in [0.1, 0.15) is 11.8 Å². The van der Waals surface area contributed by atoms with Crippen molar-refractivity contribution >= 4 is 23.0 Å². The first-order valence-corrected chi connectivity index (χ1v) is 5.93. The first kappa shape index (κ1) is 14.1. The van der Waals surface area contributed by atoms with Crippen LogP contribution in [0, 0.1) is 23.0 Å². The van der Waals surface area contributed by atoms with Crippen LogP contribution in [0.3, 0.4) is 0 Å². The largest absolute Gasteiger partial charge is 0.495 e. The predicted octanol–water partition coefficient (Wildman–Crippen LogP) is 4.24. The lowest BCUT2D eigenvalue weighted by Gasteiger charge is -2.10. The molecule has 0 bridgehead atoms. The van der Waals surface area contributed by atoms with E-state index >= 15 is 0 Å². The van der Waals surface area contributed by atoms with E-state index in [4.69, 9.17) is 21.6 Å². The van der Waals surface area contributed by atoms with Gasteiger partial charge in [-0.3, -0.25) is 0 Å². The third-order valence-corrected chi connectivity index (χ3v) is 2.95. The van der Waals surface area contributed by atoms with Gasteiger partial charge in [0, 0.05) is 11.8 Å². The highest BCUT2D eigenvalue weighted by Crippen LogP contribution is 2.30. The van der Waals surface area contributed by atoms with Crippen LogP contribution in [0.5, 0.6) is 5.75 Å². The summed E-state index contributed by atoms with van der Waals surface area (Å²) < 4.78 is 32.3. The van der Waals surface area contributed by atoms with Crippen LogP contribution in [-0.4, -0.2) is 7.11 Å². The first-order valence-electron chi connectivity index (χ1n) is 5.55. The third-order valence-electron chi connectivity index (χ3n) is 2.63. The van der Waals surface area contributed by atoms with Crippen LogP contribution in [0.15, 0.2) is 30.3 Å². The molecule has 20 heavy (non-hydrogen) atoms. The Morgan fingerprint density at radius 3 is 2.60 bits per heavy atom. The lowest BCUT2D eigenvalue weighted by Crippen LogP contribution is -1.99. The summed E-state index contributed by atoms with van der Waals surface area (Å²) in [5, 5.41) is 11.7. The molecule has 0 aliphatic rings. The van der Waals surface area contributed by atoms with Crippen molar-refractivity contribution in [2.24, 2.45) is 0 Å². The third kappa shape index (κ3) is 2.65. The van der Waals surface area contributed by atoms with Crippen molar-refractivity contribution in [3.63, 3.8) is 0 Å². The number of halogens is 3. The maximum atomic E-state index is 13.8. The Labute approximate surface area is 119 Å². The van der Waals surface area contributed by atoms with Crippen LogP contribution < -0.4 is 10.1 Å². The van der Waals surface area contributed by atoms with E-state index in [1.807, 2.05) is 0 Å². The van der Waals surface area contributed by atoms with E-state index in [0.29, 0.717) is 16.5 Å². The van der Waals surface area contributed by atoms with Crippen molar-refractivity contribution in [3.8, 4) is 11.8 Å². The zero-order valence-corrected chi connectivity index (χ0v) is 11.1. The van der Waals surface area contributed by atoms with E-state index < -0.39 is 11.6 Å². The molecule has 0 amide bonds. The van der Waals surface area contributed by atoms with Gasteiger partial charge in [-0.2, -0.15) is 5.26 Å². The summed E-state index contributed by atoms with van der Waals surface area (Å²) in [7, 11) is 1.45. The number of nitrogens with zero attached hydrogens (tertiary/aromatic N) is 1. The molecule has 0 saturated carbocycles. The molecule has 6 heteroatoms. The molecule has 0 aliphatic heterocycles. The molecule has 0 fully saturated rings. The SMILES string of the molecule is COc1cc(Nc2ccc(C#N)c(F)c2F)ccc1Cl. The van der Waals surface area contributed by atoms with Gasteiger partial charge in [0.25, 0.3) is 0 Å². The highest BCUT2D eigenvalue weighted by molar-refractivity contribution is 6.32. The van der Waals surface area contributed by atoms with E-state index in [1.165, 1.54) is 19.2 Å². The number of anilines is 2. The molecular weight excluding hydrogens is 286 g/mol. The summed E-state index contributed by atoms with van der Waals surface area (Å²) in [4.78, 5) is 0. The van der Waals surface area contributed by atoms with Gasteiger partial charge in [-0.05, 0) is 24.3 Å². The van der Waals surface area contributed by atoms with E-state index in [1.54, 1.807) is 24.3 Å². The number of methoxy groups -OCH3 is 1. The smallest absolute Gasteiger partial charge is 0.183 e. The molecule has 3 nitrogen and oxygen atoms in total. The number of benzene rings is 2. The maximum absolute atomic E-state index is 13.8. The highest BCUT2D eigenvalue weighted by Gasteiger charge is 2.13. The Hall–Kier alpha value is -2.32. The maximum Gasteiger partial charge on any atom is 0.183 e. The number of hydrogen-bond acceptors (Lipinski definition) is 3. The molecule has 102 valence electrons. The fourth-order valence-electron chi connectivity index (χ4n) is 1.63.